The second kappa shape index (κ2) is 13.5. The van der Waals surface area contributed by atoms with Gasteiger partial charge in [-0.05, 0) is 12.5 Å². The molecule has 0 aliphatic carbocycles. The fourth-order valence-corrected chi connectivity index (χ4v) is 6.47. The fourth-order valence-electron chi connectivity index (χ4n) is 4.80. The van der Waals surface area contributed by atoms with Crippen LogP contribution >= 0.6 is 0 Å². The first kappa shape index (κ1) is 29.2. The second-order valence-corrected chi connectivity index (χ2v) is 12.4. The van der Waals surface area contributed by atoms with E-state index >= 15 is 0 Å². The Morgan fingerprint density at radius 3 is 2.52 bits per heavy atom. The zero-order valence-electron chi connectivity index (χ0n) is 23.9. The van der Waals surface area contributed by atoms with Crippen molar-refractivity contribution in [2.45, 2.75) is 45.4 Å². The van der Waals surface area contributed by atoms with Gasteiger partial charge in [-0.25, -0.2) is 0 Å². The Labute approximate surface area is 250 Å². The predicted molar refractivity (Wildman–Crippen MR) is 163 cm³/mol. The summed E-state index contributed by atoms with van der Waals surface area (Å²) in [5.74, 6) is 0.995. The van der Waals surface area contributed by atoms with Crippen molar-refractivity contribution in [2.24, 2.45) is 7.05 Å². The summed E-state index contributed by atoms with van der Waals surface area (Å²) in [5.41, 5.74) is 4.96. The van der Waals surface area contributed by atoms with Gasteiger partial charge in [0, 0.05) is 0 Å². The van der Waals surface area contributed by atoms with Crippen molar-refractivity contribution in [1.82, 2.24) is 25.0 Å². The van der Waals surface area contributed by atoms with E-state index in [-0.39, 0.29) is 32.7 Å². The molecule has 0 fully saturated rings. The summed E-state index contributed by atoms with van der Waals surface area (Å²) in [4.78, 5) is 25.1. The van der Waals surface area contributed by atoms with Gasteiger partial charge in [-0.2, -0.15) is 0 Å². The Hall–Kier alpha value is -4.34. The van der Waals surface area contributed by atoms with Gasteiger partial charge in [0.05, 0.1) is 0 Å². The average Bonchev–Trinajstić information content (AvgIpc) is 3.54. The van der Waals surface area contributed by atoms with E-state index in [2.05, 4.69) is 31.0 Å². The van der Waals surface area contributed by atoms with E-state index in [0.717, 1.165) is 69.3 Å². The van der Waals surface area contributed by atoms with E-state index in [1.54, 1.807) is 13.2 Å². The number of benzene rings is 2. The van der Waals surface area contributed by atoms with E-state index in [1.165, 1.54) is 0 Å². The van der Waals surface area contributed by atoms with Crippen LogP contribution in [-0.2, 0) is 42.3 Å². The molecule has 11 heteroatoms. The van der Waals surface area contributed by atoms with Crippen LogP contribution in [0.1, 0.15) is 39.8 Å². The molecule has 0 saturated carbocycles. The van der Waals surface area contributed by atoms with Crippen LogP contribution in [0, 0.1) is 6.92 Å². The Bertz CT molecular complexity index is 1690. The standard InChI is InChI=1S/C31H33N7O3Se/c1-20-7-6-8-21(15-20)16-28(39)32-27-14-11-23(34-35-27)9-4-5-10-30-36-37-31(42-30)33-29(40)17-22-19-38(2)26-13-12-24(41-3)18-25(22)26/h6-8,11-15,18-19H,4-5,9-10,16-17H2,1-3H3,(H,32,35,39)(H,33,37,40). The molecular weight excluding hydrogens is 597 g/mol. The Balaban J connectivity index is 1.04. The van der Waals surface area contributed by atoms with Gasteiger partial charge in [-0.15, -0.1) is 0 Å². The number of aryl methyl sites for hydroxylation is 4. The number of fused-ring (bicyclic) bond motifs is 1. The molecule has 3 aromatic heterocycles. The monoisotopic (exact) mass is 631 g/mol. The zero-order chi connectivity index (χ0) is 29.5. The van der Waals surface area contributed by atoms with E-state index in [9.17, 15) is 9.59 Å². The molecule has 2 N–H and O–H groups in total. The van der Waals surface area contributed by atoms with E-state index in [4.69, 9.17) is 4.74 Å². The summed E-state index contributed by atoms with van der Waals surface area (Å²) in [7, 11) is 3.60. The van der Waals surface area contributed by atoms with Gasteiger partial charge >= 0.3 is 208 Å². The molecule has 0 aliphatic rings. The van der Waals surface area contributed by atoms with Crippen LogP contribution in [0.2, 0.25) is 0 Å². The fraction of sp³-hybridized carbons (Fsp3) is 0.290. The van der Waals surface area contributed by atoms with E-state index < -0.39 is 0 Å². The first-order valence-electron chi connectivity index (χ1n) is 13.8. The number of rotatable bonds is 12. The van der Waals surface area contributed by atoms with E-state index in [1.807, 2.05) is 73.3 Å². The molecule has 3 heterocycles. The molecule has 0 spiro atoms. The van der Waals surface area contributed by atoms with Crippen LogP contribution in [0.3, 0.4) is 0 Å². The van der Waals surface area contributed by atoms with Crippen LogP contribution in [0.15, 0.2) is 60.8 Å². The summed E-state index contributed by atoms with van der Waals surface area (Å²) in [6.07, 6.45) is 6.00. The van der Waals surface area contributed by atoms with Gasteiger partial charge in [0.25, 0.3) is 0 Å². The number of amides is 2. The predicted octanol–water partition coefficient (Wildman–Crippen LogP) is 4.06. The molecular formula is C31H33N7O3Se. The molecule has 0 atom stereocenters. The van der Waals surface area contributed by atoms with Gasteiger partial charge in [0.15, 0.2) is 0 Å². The summed E-state index contributed by atoms with van der Waals surface area (Å²) >= 11 is -0.0876. The van der Waals surface area contributed by atoms with Crippen molar-refractivity contribution in [3.8, 4) is 5.75 Å². The summed E-state index contributed by atoms with van der Waals surface area (Å²) in [6.45, 7) is 2.01. The Morgan fingerprint density at radius 1 is 0.905 bits per heavy atom. The number of carbonyl (C=O) groups excluding carboxylic acids is 2. The molecule has 0 bridgehead atoms. The number of hydrogen-bond acceptors (Lipinski definition) is 7. The summed E-state index contributed by atoms with van der Waals surface area (Å²) in [5, 5.41) is 23.7. The number of hydrogen-bond donors (Lipinski definition) is 2. The van der Waals surface area contributed by atoms with Crippen molar-refractivity contribution in [1.29, 1.82) is 0 Å². The minimum atomic E-state index is -0.117. The molecule has 42 heavy (non-hydrogen) atoms. The van der Waals surface area contributed by atoms with Crippen LogP contribution in [-0.4, -0.2) is 58.4 Å². The number of ether oxygens (including phenoxy) is 1. The van der Waals surface area contributed by atoms with Crippen molar-refractivity contribution in [2.75, 3.05) is 17.7 Å². The third-order valence-corrected chi connectivity index (χ3v) is 8.74. The molecule has 0 radical (unpaired) electrons. The van der Waals surface area contributed by atoms with E-state index in [0.29, 0.717) is 16.9 Å². The number of unbranched alkanes of at least 4 members (excludes halogenated alkanes) is 1. The number of nitrogens with one attached hydrogen (secondary N) is 2. The van der Waals surface area contributed by atoms with Gasteiger partial charge in [-0.3, -0.25) is 0 Å². The number of nitrogens with zero attached hydrogens (tertiary/aromatic N) is 5. The quantitative estimate of drug-likeness (QED) is 0.157. The normalized spacial score (nSPS) is 11.0. The average molecular weight is 631 g/mol. The van der Waals surface area contributed by atoms with Crippen LogP contribution in [0.25, 0.3) is 10.9 Å². The first-order valence-corrected chi connectivity index (χ1v) is 15.5. The molecule has 2 aromatic carbocycles. The van der Waals surface area contributed by atoms with Crippen LogP contribution in [0.5, 0.6) is 5.75 Å². The summed E-state index contributed by atoms with van der Waals surface area (Å²) < 4.78 is 9.03. The third kappa shape index (κ3) is 7.69. The topological polar surface area (TPSA) is 124 Å². The summed E-state index contributed by atoms with van der Waals surface area (Å²) in [6, 6.07) is 17.5. The number of anilines is 2. The van der Waals surface area contributed by atoms with Crippen molar-refractivity contribution >= 4 is 47.7 Å². The maximum atomic E-state index is 12.8. The Morgan fingerprint density at radius 2 is 1.74 bits per heavy atom. The molecule has 10 nitrogen and oxygen atoms in total. The minimum absolute atomic E-state index is 0.0876. The zero-order valence-corrected chi connectivity index (χ0v) is 25.6. The van der Waals surface area contributed by atoms with Crippen molar-refractivity contribution in [3.63, 3.8) is 0 Å². The van der Waals surface area contributed by atoms with Crippen molar-refractivity contribution in [3.05, 3.63) is 87.7 Å². The van der Waals surface area contributed by atoms with Gasteiger partial charge < -0.3 is 0 Å². The number of aromatic nitrogens is 5. The molecule has 5 aromatic rings. The number of methoxy groups -OCH3 is 1. The first-order chi connectivity index (χ1) is 20.4. The van der Waals surface area contributed by atoms with Gasteiger partial charge in [0.1, 0.15) is 0 Å². The number of carbonyl (C=O) groups is 2. The van der Waals surface area contributed by atoms with Gasteiger partial charge in [0.2, 0.25) is 0 Å². The molecule has 0 saturated heterocycles. The third-order valence-electron chi connectivity index (χ3n) is 6.85. The maximum absolute atomic E-state index is 12.8. The molecule has 0 unspecified atom stereocenters. The molecule has 2 amide bonds. The van der Waals surface area contributed by atoms with Crippen LogP contribution < -0.4 is 15.4 Å². The molecule has 216 valence electrons. The second-order valence-electron chi connectivity index (χ2n) is 10.2. The SMILES string of the molecule is COc1ccc2c(c1)c(CC(=O)Nc1nnc(CCCCc3ccc(NC(=O)Cc4cccc(C)c4)nn3)[se]1)cn2C. The molecule has 5 rings (SSSR count). The Kier molecular flexibility index (Phi) is 9.41. The molecule has 0 aliphatic heterocycles. The van der Waals surface area contributed by atoms with Crippen molar-refractivity contribution < 1.29 is 14.3 Å². The van der Waals surface area contributed by atoms with Gasteiger partial charge in [-0.1, -0.05) is 29.8 Å². The van der Waals surface area contributed by atoms with Crippen LogP contribution in [0.4, 0.5) is 10.5 Å².